The first-order valence-electron chi connectivity index (χ1n) is 7.62. The van der Waals surface area contributed by atoms with Crippen molar-refractivity contribution in [3.05, 3.63) is 5.69 Å². The summed E-state index contributed by atoms with van der Waals surface area (Å²) < 4.78 is 1.92. The average molecular weight is 260 g/mol. The van der Waals surface area contributed by atoms with Crippen molar-refractivity contribution in [3.8, 4) is 0 Å². The Morgan fingerprint density at radius 1 is 1.16 bits per heavy atom. The van der Waals surface area contributed by atoms with Crippen LogP contribution in [0.4, 0.5) is 11.5 Å². The van der Waals surface area contributed by atoms with E-state index in [-0.39, 0.29) is 0 Å². The molecule has 0 spiro atoms. The first-order chi connectivity index (χ1) is 9.05. The van der Waals surface area contributed by atoms with Crippen molar-refractivity contribution in [2.45, 2.75) is 51.0 Å². The summed E-state index contributed by atoms with van der Waals surface area (Å²) in [7, 11) is 1.99. The molecule has 4 aliphatic carbocycles. The molecule has 4 aliphatic rings. The van der Waals surface area contributed by atoms with E-state index in [1.54, 1.807) is 0 Å². The van der Waals surface area contributed by atoms with Crippen LogP contribution in [0.1, 0.15) is 44.2 Å². The van der Waals surface area contributed by atoms with Crippen molar-refractivity contribution in [1.82, 2.24) is 9.78 Å². The normalized spacial score (nSPS) is 39.8. The van der Waals surface area contributed by atoms with E-state index in [1.165, 1.54) is 38.5 Å². The minimum absolute atomic E-state index is 0.309. The lowest BCUT2D eigenvalue weighted by Crippen LogP contribution is -2.55. The largest absolute Gasteiger partial charge is 0.394 e. The first-order valence-corrected chi connectivity index (χ1v) is 7.62. The third-order valence-electron chi connectivity index (χ3n) is 5.69. The monoisotopic (exact) mass is 260 g/mol. The molecule has 0 unspecified atom stereocenters. The Morgan fingerprint density at radius 2 is 1.68 bits per heavy atom. The van der Waals surface area contributed by atoms with Gasteiger partial charge in [-0.3, -0.25) is 4.68 Å². The Morgan fingerprint density at radius 3 is 2.11 bits per heavy atom. The molecule has 4 bridgehead atoms. The van der Waals surface area contributed by atoms with Gasteiger partial charge in [0, 0.05) is 12.6 Å². The Labute approximate surface area is 114 Å². The van der Waals surface area contributed by atoms with E-state index < -0.39 is 0 Å². The molecule has 0 amide bonds. The third kappa shape index (κ3) is 1.68. The molecular weight excluding hydrogens is 236 g/mol. The maximum absolute atomic E-state index is 6.19. The van der Waals surface area contributed by atoms with Crippen molar-refractivity contribution >= 4 is 11.5 Å². The quantitative estimate of drug-likeness (QED) is 0.859. The highest BCUT2D eigenvalue weighted by Crippen LogP contribution is 2.56. The number of nitrogen functional groups attached to an aromatic ring is 1. The molecule has 4 nitrogen and oxygen atoms in total. The predicted molar refractivity (Wildman–Crippen MR) is 76.9 cm³/mol. The van der Waals surface area contributed by atoms with Crippen molar-refractivity contribution in [2.75, 3.05) is 11.1 Å². The van der Waals surface area contributed by atoms with E-state index >= 15 is 0 Å². The minimum Gasteiger partial charge on any atom is -0.394 e. The van der Waals surface area contributed by atoms with Gasteiger partial charge in [0.1, 0.15) is 5.82 Å². The van der Waals surface area contributed by atoms with Crippen molar-refractivity contribution in [2.24, 2.45) is 24.8 Å². The van der Waals surface area contributed by atoms with Crippen LogP contribution in [-0.4, -0.2) is 15.3 Å². The lowest BCUT2D eigenvalue weighted by atomic mass is 9.53. The topological polar surface area (TPSA) is 55.9 Å². The van der Waals surface area contributed by atoms with Crippen molar-refractivity contribution in [1.29, 1.82) is 0 Å². The van der Waals surface area contributed by atoms with Crippen LogP contribution in [0.2, 0.25) is 0 Å². The van der Waals surface area contributed by atoms with Crippen molar-refractivity contribution < 1.29 is 0 Å². The lowest BCUT2D eigenvalue weighted by molar-refractivity contribution is 0.0104. The van der Waals surface area contributed by atoms with Gasteiger partial charge < -0.3 is 11.1 Å². The van der Waals surface area contributed by atoms with Crippen LogP contribution in [0, 0.1) is 24.7 Å². The number of aromatic nitrogens is 2. The predicted octanol–water partition coefficient (Wildman–Crippen LogP) is 2.69. The molecule has 0 aliphatic heterocycles. The zero-order valence-electron chi connectivity index (χ0n) is 11.9. The number of hydrogen-bond donors (Lipinski definition) is 2. The van der Waals surface area contributed by atoms with Gasteiger partial charge in [-0.05, 0) is 63.2 Å². The van der Waals surface area contributed by atoms with Crippen LogP contribution in [0.3, 0.4) is 0 Å². The molecule has 5 rings (SSSR count). The zero-order chi connectivity index (χ0) is 13.2. The van der Waals surface area contributed by atoms with E-state index in [1.807, 2.05) is 18.7 Å². The second-order valence-corrected chi connectivity index (χ2v) is 7.29. The summed E-state index contributed by atoms with van der Waals surface area (Å²) in [6.07, 6.45) is 8.43. The lowest BCUT2D eigenvalue weighted by Gasteiger charge is -2.57. The first kappa shape index (κ1) is 11.6. The second kappa shape index (κ2) is 3.68. The fraction of sp³-hybridized carbons (Fsp3) is 0.800. The Kier molecular flexibility index (Phi) is 2.25. The van der Waals surface area contributed by atoms with Crippen LogP contribution >= 0.6 is 0 Å². The molecule has 1 aromatic heterocycles. The Hall–Kier alpha value is -1.19. The SMILES string of the molecule is Cc1nn(C)c(NC23CC4CC(CC(C4)C2)C3)c1N. The molecular formula is C15H24N4. The number of aryl methyl sites for hydroxylation is 2. The fourth-order valence-electron chi connectivity index (χ4n) is 5.34. The number of nitrogens with zero attached hydrogens (tertiary/aromatic N) is 2. The van der Waals surface area contributed by atoms with Gasteiger partial charge in [0.05, 0.1) is 11.4 Å². The Bertz CT molecular complexity index is 481. The summed E-state index contributed by atoms with van der Waals surface area (Å²) in [4.78, 5) is 0. The summed E-state index contributed by atoms with van der Waals surface area (Å²) in [6.45, 7) is 1.99. The molecule has 0 atom stereocenters. The summed E-state index contributed by atoms with van der Waals surface area (Å²) in [5.41, 5.74) is 8.27. The molecule has 4 saturated carbocycles. The number of hydrogen-bond acceptors (Lipinski definition) is 3. The highest BCUT2D eigenvalue weighted by atomic mass is 15.3. The molecule has 3 N–H and O–H groups in total. The Balaban J connectivity index is 1.66. The van der Waals surface area contributed by atoms with Gasteiger partial charge in [0.2, 0.25) is 0 Å². The van der Waals surface area contributed by atoms with Crippen molar-refractivity contribution in [3.63, 3.8) is 0 Å². The highest BCUT2D eigenvalue weighted by Gasteiger charge is 2.51. The minimum atomic E-state index is 0.309. The summed E-state index contributed by atoms with van der Waals surface area (Å²) in [6, 6.07) is 0. The smallest absolute Gasteiger partial charge is 0.148 e. The van der Waals surface area contributed by atoms with Crippen LogP contribution < -0.4 is 11.1 Å². The van der Waals surface area contributed by atoms with Gasteiger partial charge >= 0.3 is 0 Å². The molecule has 104 valence electrons. The van der Waals surface area contributed by atoms with Crippen LogP contribution in [0.15, 0.2) is 0 Å². The number of rotatable bonds is 2. The molecule has 1 aromatic rings. The molecule has 0 aromatic carbocycles. The molecule has 19 heavy (non-hydrogen) atoms. The highest BCUT2D eigenvalue weighted by molar-refractivity contribution is 5.65. The molecule has 0 saturated heterocycles. The maximum Gasteiger partial charge on any atom is 0.148 e. The van der Waals surface area contributed by atoms with E-state index in [0.29, 0.717) is 5.54 Å². The molecule has 4 fully saturated rings. The van der Waals surface area contributed by atoms with E-state index in [2.05, 4.69) is 10.4 Å². The summed E-state index contributed by atoms with van der Waals surface area (Å²) >= 11 is 0. The van der Waals surface area contributed by atoms with Gasteiger partial charge in [-0.1, -0.05) is 0 Å². The summed E-state index contributed by atoms with van der Waals surface area (Å²) in [5, 5.41) is 8.26. The number of nitrogens with one attached hydrogen (secondary N) is 1. The molecule has 4 heteroatoms. The zero-order valence-corrected chi connectivity index (χ0v) is 11.9. The van der Waals surface area contributed by atoms with Gasteiger partial charge in [-0.25, -0.2) is 0 Å². The number of nitrogens with two attached hydrogens (primary N) is 1. The van der Waals surface area contributed by atoms with Crippen LogP contribution in [0.5, 0.6) is 0 Å². The molecule has 0 radical (unpaired) electrons. The third-order valence-corrected chi connectivity index (χ3v) is 5.69. The van der Waals surface area contributed by atoms with Gasteiger partial charge in [0.15, 0.2) is 0 Å². The standard InChI is InChI=1S/C15H24N4/c1-9-13(16)14(19(2)18-9)17-15-6-10-3-11(7-15)5-12(4-10)8-15/h10-12,17H,3-8,16H2,1-2H3. The van der Waals surface area contributed by atoms with Crippen LogP contribution in [-0.2, 0) is 7.05 Å². The van der Waals surface area contributed by atoms with E-state index in [0.717, 1.165) is 35.0 Å². The van der Waals surface area contributed by atoms with E-state index in [4.69, 9.17) is 5.73 Å². The summed E-state index contributed by atoms with van der Waals surface area (Å²) in [5.74, 6) is 3.90. The van der Waals surface area contributed by atoms with Gasteiger partial charge in [0.25, 0.3) is 0 Å². The average Bonchev–Trinajstić information content (AvgIpc) is 2.54. The fourth-order valence-corrected chi connectivity index (χ4v) is 5.34. The van der Waals surface area contributed by atoms with E-state index in [9.17, 15) is 0 Å². The second-order valence-electron chi connectivity index (χ2n) is 7.29. The van der Waals surface area contributed by atoms with Crippen LogP contribution in [0.25, 0.3) is 0 Å². The van der Waals surface area contributed by atoms with Gasteiger partial charge in [-0.2, -0.15) is 5.10 Å². The van der Waals surface area contributed by atoms with Gasteiger partial charge in [-0.15, -0.1) is 0 Å². The number of anilines is 2. The maximum atomic E-state index is 6.19. The molecule has 1 heterocycles.